The molecular weight excluding hydrogens is 312 g/mol. The Morgan fingerprint density at radius 3 is 2.36 bits per heavy atom. The minimum absolute atomic E-state index is 0.701. The van der Waals surface area contributed by atoms with Gasteiger partial charge in [-0.1, -0.05) is 35.5 Å². The van der Waals surface area contributed by atoms with E-state index < -0.39 is 0 Å². The molecule has 3 aromatic heterocycles. The van der Waals surface area contributed by atoms with Crippen LogP contribution in [0.5, 0.6) is 0 Å². The van der Waals surface area contributed by atoms with E-state index in [0.717, 1.165) is 22.5 Å². The lowest BCUT2D eigenvalue weighted by Gasteiger charge is -2.08. The zero-order valence-electron chi connectivity index (χ0n) is 13.2. The predicted molar refractivity (Wildman–Crippen MR) is 95.8 cm³/mol. The van der Waals surface area contributed by atoms with Gasteiger partial charge in [0, 0.05) is 12.4 Å². The average molecular weight is 326 g/mol. The van der Waals surface area contributed by atoms with Crippen molar-refractivity contribution in [2.45, 2.75) is 0 Å². The van der Waals surface area contributed by atoms with Crippen LogP contribution in [-0.2, 0) is 0 Å². The van der Waals surface area contributed by atoms with Crippen molar-refractivity contribution in [1.82, 2.24) is 29.5 Å². The Bertz CT molecular complexity index is 1100. The van der Waals surface area contributed by atoms with Crippen molar-refractivity contribution in [3.05, 3.63) is 79.1 Å². The summed E-state index contributed by atoms with van der Waals surface area (Å²) in [7, 11) is 0. The summed E-state index contributed by atoms with van der Waals surface area (Å²) in [5, 5.41) is 8.79. The van der Waals surface area contributed by atoms with Gasteiger partial charge in [0.25, 0.3) is 0 Å². The minimum atomic E-state index is 0.701. The molecule has 0 fully saturated rings. The molecule has 0 aliphatic heterocycles. The number of benzene rings is 2. The molecule has 3 heterocycles. The summed E-state index contributed by atoms with van der Waals surface area (Å²) in [4.78, 5) is 8.01. The Balaban J connectivity index is 1.76. The summed E-state index contributed by atoms with van der Waals surface area (Å²) < 4.78 is 3.82. The molecule has 0 radical (unpaired) electrons. The lowest BCUT2D eigenvalue weighted by molar-refractivity contribution is 0.775. The molecule has 6 heteroatoms. The molecule has 2 aromatic carbocycles. The molecule has 5 aromatic rings. The minimum Gasteiger partial charge on any atom is -0.336 e. The van der Waals surface area contributed by atoms with Gasteiger partial charge in [-0.25, -0.2) is 4.98 Å². The van der Waals surface area contributed by atoms with E-state index in [4.69, 9.17) is 0 Å². The number of imidazole rings is 1. The van der Waals surface area contributed by atoms with Crippen LogP contribution in [-0.4, -0.2) is 29.5 Å². The predicted octanol–water partition coefficient (Wildman–Crippen LogP) is 3.60. The number of nitrogens with zero attached hydrogens (tertiary/aromatic N) is 5. The van der Waals surface area contributed by atoms with E-state index in [9.17, 15) is 0 Å². The lowest BCUT2D eigenvalue weighted by Crippen LogP contribution is -2.05. The van der Waals surface area contributed by atoms with Crippen LogP contribution in [0, 0.1) is 0 Å². The Morgan fingerprint density at radius 2 is 1.56 bits per heavy atom. The molecule has 0 saturated carbocycles. The highest BCUT2D eigenvalue weighted by Gasteiger charge is 2.20. The van der Waals surface area contributed by atoms with Crippen molar-refractivity contribution in [2.75, 3.05) is 0 Å². The number of para-hydroxylation sites is 3. The van der Waals surface area contributed by atoms with E-state index in [-0.39, 0.29) is 0 Å². The van der Waals surface area contributed by atoms with Crippen LogP contribution in [0.2, 0.25) is 0 Å². The SMILES string of the molecule is c1ccc(-n2nnc(-c3nc4ccccc4[nH]3)c2-n2cccc2)cc1. The molecule has 0 atom stereocenters. The average Bonchev–Trinajstić information content (AvgIpc) is 3.39. The molecule has 0 amide bonds. The molecule has 25 heavy (non-hydrogen) atoms. The van der Waals surface area contributed by atoms with Crippen LogP contribution in [0.4, 0.5) is 0 Å². The van der Waals surface area contributed by atoms with Crippen LogP contribution in [0.1, 0.15) is 0 Å². The van der Waals surface area contributed by atoms with Gasteiger partial charge < -0.3 is 9.55 Å². The van der Waals surface area contributed by atoms with E-state index in [1.165, 1.54) is 0 Å². The fourth-order valence-electron chi connectivity index (χ4n) is 2.95. The first-order valence-corrected chi connectivity index (χ1v) is 8.00. The molecule has 5 rings (SSSR count). The number of fused-ring (bicyclic) bond motifs is 1. The van der Waals surface area contributed by atoms with E-state index in [1.54, 1.807) is 0 Å². The third kappa shape index (κ3) is 2.23. The van der Waals surface area contributed by atoms with E-state index in [0.29, 0.717) is 11.5 Å². The number of hydrogen-bond acceptors (Lipinski definition) is 3. The van der Waals surface area contributed by atoms with Crippen LogP contribution >= 0.6 is 0 Å². The molecule has 0 spiro atoms. The van der Waals surface area contributed by atoms with Crippen LogP contribution in [0.15, 0.2) is 79.1 Å². The van der Waals surface area contributed by atoms with Gasteiger partial charge in [0.2, 0.25) is 0 Å². The van der Waals surface area contributed by atoms with Gasteiger partial charge in [-0.15, -0.1) is 5.10 Å². The maximum Gasteiger partial charge on any atom is 0.173 e. The van der Waals surface area contributed by atoms with Crippen molar-refractivity contribution >= 4 is 11.0 Å². The largest absolute Gasteiger partial charge is 0.336 e. The quantitative estimate of drug-likeness (QED) is 0.551. The van der Waals surface area contributed by atoms with Crippen molar-refractivity contribution in [3.8, 4) is 23.0 Å². The van der Waals surface area contributed by atoms with Crippen LogP contribution < -0.4 is 0 Å². The number of rotatable bonds is 3. The monoisotopic (exact) mass is 326 g/mol. The van der Waals surface area contributed by atoms with Gasteiger partial charge in [0.15, 0.2) is 17.3 Å². The summed E-state index contributed by atoms with van der Waals surface area (Å²) in [6, 6.07) is 21.8. The second-order valence-corrected chi connectivity index (χ2v) is 5.70. The summed E-state index contributed by atoms with van der Waals surface area (Å²) in [6.45, 7) is 0. The number of nitrogens with one attached hydrogen (secondary N) is 1. The summed E-state index contributed by atoms with van der Waals surface area (Å²) in [5.41, 5.74) is 3.53. The highest BCUT2D eigenvalue weighted by molar-refractivity contribution is 5.79. The first-order valence-electron chi connectivity index (χ1n) is 8.00. The van der Waals surface area contributed by atoms with Crippen molar-refractivity contribution < 1.29 is 0 Å². The topological polar surface area (TPSA) is 64.3 Å². The standard InChI is InChI=1S/C19H14N6/c1-2-8-14(9-3-1)25-19(24-12-6-7-13-24)17(22-23-25)18-20-15-10-4-5-11-16(15)21-18/h1-13H,(H,20,21). The molecule has 0 unspecified atom stereocenters. The smallest absolute Gasteiger partial charge is 0.173 e. The molecule has 0 aliphatic carbocycles. The lowest BCUT2D eigenvalue weighted by atomic mass is 10.3. The van der Waals surface area contributed by atoms with E-state index in [2.05, 4.69) is 20.3 Å². The third-order valence-electron chi connectivity index (χ3n) is 4.11. The Kier molecular flexibility index (Phi) is 3.00. The second kappa shape index (κ2) is 5.45. The van der Waals surface area contributed by atoms with Crippen molar-refractivity contribution in [1.29, 1.82) is 0 Å². The van der Waals surface area contributed by atoms with Gasteiger partial charge >= 0.3 is 0 Å². The molecule has 0 aliphatic rings. The van der Waals surface area contributed by atoms with Gasteiger partial charge in [0.05, 0.1) is 16.7 Å². The van der Waals surface area contributed by atoms with Gasteiger partial charge in [-0.05, 0) is 36.4 Å². The van der Waals surface area contributed by atoms with Crippen molar-refractivity contribution in [3.63, 3.8) is 0 Å². The van der Waals surface area contributed by atoms with Gasteiger partial charge in [-0.3, -0.25) is 0 Å². The zero-order valence-corrected chi connectivity index (χ0v) is 13.2. The first kappa shape index (κ1) is 13.7. The van der Waals surface area contributed by atoms with Gasteiger partial charge in [-0.2, -0.15) is 4.68 Å². The second-order valence-electron chi connectivity index (χ2n) is 5.70. The Hall–Kier alpha value is -3.67. The first-order chi connectivity index (χ1) is 12.4. The van der Waals surface area contributed by atoms with Crippen LogP contribution in [0.3, 0.4) is 0 Å². The molecule has 1 N–H and O–H groups in total. The molecule has 6 nitrogen and oxygen atoms in total. The number of H-pyrrole nitrogens is 1. The highest BCUT2D eigenvalue weighted by Crippen LogP contribution is 2.26. The molecular formula is C19H14N6. The number of hydrogen-bond donors (Lipinski definition) is 1. The Labute approximate surface area is 143 Å². The van der Waals surface area contributed by atoms with E-state index in [1.807, 2.05) is 88.4 Å². The fraction of sp³-hybridized carbons (Fsp3) is 0. The normalized spacial score (nSPS) is 11.2. The van der Waals surface area contributed by atoms with Gasteiger partial charge in [0.1, 0.15) is 0 Å². The fourth-order valence-corrected chi connectivity index (χ4v) is 2.95. The summed E-state index contributed by atoms with van der Waals surface area (Å²) >= 11 is 0. The zero-order chi connectivity index (χ0) is 16.6. The molecule has 0 bridgehead atoms. The molecule has 0 saturated heterocycles. The number of aromatic amines is 1. The third-order valence-corrected chi connectivity index (χ3v) is 4.11. The molecule has 120 valence electrons. The maximum atomic E-state index is 4.68. The number of aromatic nitrogens is 6. The summed E-state index contributed by atoms with van der Waals surface area (Å²) in [6.07, 6.45) is 3.95. The van der Waals surface area contributed by atoms with E-state index >= 15 is 0 Å². The van der Waals surface area contributed by atoms with Crippen LogP contribution in [0.25, 0.3) is 34.1 Å². The summed E-state index contributed by atoms with van der Waals surface area (Å²) in [5.74, 6) is 1.54. The highest BCUT2D eigenvalue weighted by atomic mass is 15.5. The maximum absolute atomic E-state index is 4.68. The van der Waals surface area contributed by atoms with Crippen molar-refractivity contribution in [2.24, 2.45) is 0 Å². The Morgan fingerprint density at radius 1 is 0.800 bits per heavy atom.